The minimum Gasteiger partial charge on any atom is -0.397 e. The zero-order valence-electron chi connectivity index (χ0n) is 16.1. The van der Waals surface area contributed by atoms with E-state index in [4.69, 9.17) is 10.7 Å². The molecule has 0 aliphatic heterocycles. The molecule has 0 saturated carbocycles. The van der Waals surface area contributed by atoms with Gasteiger partial charge in [0.1, 0.15) is 9.71 Å². The number of thiophene rings is 1. The first kappa shape index (κ1) is 18.0. The van der Waals surface area contributed by atoms with Crippen LogP contribution in [0.4, 0.5) is 11.4 Å². The minimum atomic E-state index is -0.164. The Balaban J connectivity index is 1.66. The van der Waals surface area contributed by atoms with E-state index >= 15 is 0 Å². The molecule has 1 aliphatic rings. The molecule has 0 unspecified atom stereocenters. The van der Waals surface area contributed by atoms with E-state index in [1.165, 1.54) is 41.0 Å². The van der Waals surface area contributed by atoms with Crippen molar-refractivity contribution >= 4 is 38.8 Å². The Hall–Kier alpha value is -2.40. The highest BCUT2D eigenvalue weighted by molar-refractivity contribution is 7.21. The zero-order chi connectivity index (χ0) is 19.1. The Kier molecular flexibility index (Phi) is 4.64. The monoisotopic (exact) mass is 379 g/mol. The molecule has 3 aromatic rings. The number of carbonyl (C=O) groups excluding carboxylic acids is 1. The molecule has 1 atom stereocenters. The van der Waals surface area contributed by atoms with Crippen molar-refractivity contribution in [2.75, 3.05) is 11.1 Å². The van der Waals surface area contributed by atoms with Gasteiger partial charge < -0.3 is 11.1 Å². The molecule has 1 aromatic carbocycles. The summed E-state index contributed by atoms with van der Waals surface area (Å²) in [5.41, 5.74) is 12.5. The molecule has 0 fully saturated rings. The Bertz CT molecular complexity index is 1040. The molecule has 140 valence electrons. The Labute approximate surface area is 163 Å². The maximum atomic E-state index is 12.8. The predicted molar refractivity (Wildman–Crippen MR) is 114 cm³/mol. The van der Waals surface area contributed by atoms with Crippen LogP contribution in [0.3, 0.4) is 0 Å². The molecule has 0 radical (unpaired) electrons. The number of nitrogens with two attached hydrogens (primary N) is 1. The van der Waals surface area contributed by atoms with Crippen molar-refractivity contribution in [2.45, 2.75) is 46.5 Å². The molecule has 5 heteroatoms. The SMILES string of the molecule is CC[C@H]1CCc2nc3sc(C(=O)Nc4ccc(C)c(C)c4)c(N)c3cc2C1. The molecular formula is C22H25N3OS. The summed E-state index contributed by atoms with van der Waals surface area (Å²) in [5, 5.41) is 3.89. The molecule has 27 heavy (non-hydrogen) atoms. The van der Waals surface area contributed by atoms with Gasteiger partial charge in [-0.2, -0.15) is 0 Å². The van der Waals surface area contributed by atoms with E-state index < -0.39 is 0 Å². The molecule has 0 spiro atoms. The highest BCUT2D eigenvalue weighted by Gasteiger charge is 2.23. The zero-order valence-corrected chi connectivity index (χ0v) is 16.9. The number of amides is 1. The molecule has 2 heterocycles. The second kappa shape index (κ2) is 6.97. The van der Waals surface area contributed by atoms with E-state index in [2.05, 4.69) is 25.2 Å². The number of hydrogen-bond donors (Lipinski definition) is 2. The molecule has 0 bridgehead atoms. The van der Waals surface area contributed by atoms with Gasteiger partial charge in [-0.1, -0.05) is 19.4 Å². The highest BCUT2D eigenvalue weighted by atomic mass is 32.1. The maximum Gasteiger partial charge on any atom is 0.267 e. The molecule has 0 saturated heterocycles. The van der Waals surface area contributed by atoms with Crippen molar-refractivity contribution in [1.82, 2.24) is 4.98 Å². The lowest BCUT2D eigenvalue weighted by molar-refractivity contribution is 0.103. The van der Waals surface area contributed by atoms with Gasteiger partial charge in [-0.15, -0.1) is 11.3 Å². The van der Waals surface area contributed by atoms with Crippen LogP contribution < -0.4 is 11.1 Å². The van der Waals surface area contributed by atoms with E-state index in [1.54, 1.807) is 0 Å². The van der Waals surface area contributed by atoms with Crippen LogP contribution in [0.1, 0.15) is 51.8 Å². The van der Waals surface area contributed by atoms with Gasteiger partial charge in [0.15, 0.2) is 0 Å². The number of fused-ring (bicyclic) bond motifs is 2. The summed E-state index contributed by atoms with van der Waals surface area (Å²) in [6.07, 6.45) is 4.48. The van der Waals surface area contributed by atoms with E-state index in [-0.39, 0.29) is 5.91 Å². The summed E-state index contributed by atoms with van der Waals surface area (Å²) >= 11 is 1.39. The van der Waals surface area contributed by atoms with Crippen LogP contribution in [0.25, 0.3) is 10.2 Å². The lowest BCUT2D eigenvalue weighted by atomic mass is 9.85. The van der Waals surface area contributed by atoms with Crippen molar-refractivity contribution in [3.63, 3.8) is 0 Å². The number of anilines is 2. The van der Waals surface area contributed by atoms with Gasteiger partial charge >= 0.3 is 0 Å². The quantitative estimate of drug-likeness (QED) is 0.652. The summed E-state index contributed by atoms with van der Waals surface area (Å²) in [4.78, 5) is 19.1. The Morgan fingerprint density at radius 3 is 2.85 bits per heavy atom. The van der Waals surface area contributed by atoms with E-state index in [0.717, 1.165) is 40.2 Å². The van der Waals surface area contributed by atoms with E-state index in [1.807, 2.05) is 25.1 Å². The van der Waals surface area contributed by atoms with Crippen molar-refractivity contribution in [3.05, 3.63) is 51.5 Å². The van der Waals surface area contributed by atoms with Crippen LogP contribution in [0.15, 0.2) is 24.3 Å². The summed E-state index contributed by atoms with van der Waals surface area (Å²) in [7, 11) is 0. The minimum absolute atomic E-state index is 0.164. The van der Waals surface area contributed by atoms with Crippen LogP contribution in [-0.2, 0) is 12.8 Å². The molecule has 3 N–H and O–H groups in total. The molecule has 4 rings (SSSR count). The second-order valence-electron chi connectivity index (χ2n) is 7.56. The third-order valence-corrected chi connectivity index (χ3v) is 6.85. The van der Waals surface area contributed by atoms with Gasteiger partial charge in [0, 0.05) is 16.8 Å². The standard InChI is InChI=1S/C22H25N3OS/c1-4-14-6-8-18-15(10-14)11-17-19(23)20(27-22(17)25-18)21(26)24-16-7-5-12(2)13(3)9-16/h5,7,9,11,14H,4,6,8,10,23H2,1-3H3,(H,24,26)/t14-/m0/s1. The number of benzene rings is 1. The van der Waals surface area contributed by atoms with Gasteiger partial charge in [-0.25, -0.2) is 4.98 Å². The number of rotatable bonds is 3. The van der Waals surface area contributed by atoms with E-state index in [9.17, 15) is 4.79 Å². The number of nitrogens with one attached hydrogen (secondary N) is 1. The second-order valence-corrected chi connectivity index (χ2v) is 8.56. The fraction of sp³-hybridized carbons (Fsp3) is 0.364. The summed E-state index contributed by atoms with van der Waals surface area (Å²) < 4.78 is 0. The topological polar surface area (TPSA) is 68.0 Å². The summed E-state index contributed by atoms with van der Waals surface area (Å²) in [6.45, 7) is 6.34. The van der Waals surface area contributed by atoms with Crippen LogP contribution >= 0.6 is 11.3 Å². The molecule has 2 aromatic heterocycles. The Morgan fingerprint density at radius 1 is 1.30 bits per heavy atom. The third kappa shape index (κ3) is 3.32. The highest BCUT2D eigenvalue weighted by Crippen LogP contribution is 2.37. The first-order valence-electron chi connectivity index (χ1n) is 9.55. The number of hydrogen-bond acceptors (Lipinski definition) is 4. The molecule has 4 nitrogen and oxygen atoms in total. The van der Waals surface area contributed by atoms with Crippen molar-refractivity contribution in [1.29, 1.82) is 0 Å². The van der Waals surface area contributed by atoms with Gasteiger partial charge in [0.2, 0.25) is 0 Å². The van der Waals surface area contributed by atoms with Crippen molar-refractivity contribution in [2.24, 2.45) is 5.92 Å². The number of carbonyl (C=O) groups is 1. The lowest BCUT2D eigenvalue weighted by Gasteiger charge is -2.22. The summed E-state index contributed by atoms with van der Waals surface area (Å²) in [5.74, 6) is 0.562. The number of nitrogens with zero attached hydrogens (tertiary/aromatic N) is 1. The van der Waals surface area contributed by atoms with Gasteiger partial charge in [0.25, 0.3) is 5.91 Å². The van der Waals surface area contributed by atoms with Crippen LogP contribution in [0.5, 0.6) is 0 Å². The van der Waals surface area contributed by atoms with Crippen LogP contribution in [0, 0.1) is 19.8 Å². The van der Waals surface area contributed by atoms with Gasteiger partial charge in [-0.3, -0.25) is 4.79 Å². The van der Waals surface area contributed by atoms with Crippen molar-refractivity contribution in [3.8, 4) is 0 Å². The van der Waals surface area contributed by atoms with Gasteiger partial charge in [-0.05, 0) is 73.9 Å². The average molecular weight is 380 g/mol. The largest absolute Gasteiger partial charge is 0.397 e. The number of nitrogen functional groups attached to an aromatic ring is 1. The van der Waals surface area contributed by atoms with Crippen LogP contribution in [-0.4, -0.2) is 10.9 Å². The smallest absolute Gasteiger partial charge is 0.267 e. The number of aryl methyl sites for hydroxylation is 3. The lowest BCUT2D eigenvalue weighted by Crippen LogP contribution is -2.14. The van der Waals surface area contributed by atoms with Crippen LogP contribution in [0.2, 0.25) is 0 Å². The first-order chi connectivity index (χ1) is 13.0. The fourth-order valence-corrected chi connectivity index (χ4v) is 4.78. The van der Waals surface area contributed by atoms with Crippen molar-refractivity contribution < 1.29 is 4.79 Å². The predicted octanol–water partition coefficient (Wildman–Crippen LogP) is 5.26. The molecular weight excluding hydrogens is 354 g/mol. The first-order valence-corrected chi connectivity index (χ1v) is 10.4. The summed E-state index contributed by atoms with van der Waals surface area (Å²) in [6, 6.07) is 8.08. The molecule has 1 aliphatic carbocycles. The normalized spacial score (nSPS) is 16.3. The molecule has 1 amide bonds. The Morgan fingerprint density at radius 2 is 2.11 bits per heavy atom. The fourth-order valence-electron chi connectivity index (χ4n) is 3.79. The number of pyridine rings is 1. The number of aromatic nitrogens is 1. The van der Waals surface area contributed by atoms with E-state index in [0.29, 0.717) is 10.6 Å². The maximum absolute atomic E-state index is 12.8. The third-order valence-electron chi connectivity index (χ3n) is 5.74. The van der Waals surface area contributed by atoms with Gasteiger partial charge in [0.05, 0.1) is 5.69 Å². The average Bonchev–Trinajstić information content (AvgIpc) is 2.98.